The molecule has 39 heavy (non-hydrogen) atoms. The van der Waals surface area contributed by atoms with Gasteiger partial charge in [0.05, 0.1) is 19.2 Å². The molecule has 1 aromatic heterocycles. The van der Waals surface area contributed by atoms with Crippen LogP contribution < -0.4 is 20.5 Å². The SMILES string of the molecule is COc1ccccc1CCC(=O)NC(N)C(Cc1c[nH]c2ccccc12)C(=O)COc1ccc(C(C)C)cc1. The summed E-state index contributed by atoms with van der Waals surface area (Å²) in [7, 11) is 1.61. The molecule has 0 saturated carbocycles. The van der Waals surface area contributed by atoms with Crippen LogP contribution in [0, 0.1) is 5.92 Å². The van der Waals surface area contributed by atoms with Crippen molar-refractivity contribution in [2.45, 2.75) is 45.2 Å². The maximum atomic E-state index is 13.5. The number of methoxy groups -OCH3 is 1. The number of nitrogens with two attached hydrogens (primary N) is 1. The Hall–Kier alpha value is -4.10. The standard InChI is InChI=1S/C32H37N3O4/c1-21(2)22-12-15-25(16-13-22)39-20-29(36)27(18-24-19-34-28-10-6-5-9-26(24)28)32(33)35-31(37)17-14-23-8-4-7-11-30(23)38-3/h4-13,15-16,19,21,27,32,34H,14,17-18,20,33H2,1-3H3,(H,35,37). The molecule has 4 N–H and O–H groups in total. The molecule has 1 heterocycles. The van der Waals surface area contributed by atoms with Gasteiger partial charge in [-0.15, -0.1) is 0 Å². The molecule has 0 radical (unpaired) electrons. The minimum absolute atomic E-state index is 0.140. The number of aryl methyl sites for hydroxylation is 1. The van der Waals surface area contributed by atoms with Crippen molar-refractivity contribution in [3.8, 4) is 11.5 Å². The van der Waals surface area contributed by atoms with Gasteiger partial charge in [0.15, 0.2) is 5.78 Å². The third-order valence-electron chi connectivity index (χ3n) is 7.03. The molecule has 1 amide bonds. The zero-order chi connectivity index (χ0) is 27.8. The Morgan fingerprint density at radius 1 is 0.949 bits per heavy atom. The Labute approximate surface area is 229 Å². The smallest absolute Gasteiger partial charge is 0.221 e. The molecule has 0 aliphatic carbocycles. The molecule has 4 rings (SSSR count). The number of fused-ring (bicyclic) bond motifs is 1. The summed E-state index contributed by atoms with van der Waals surface area (Å²) in [4.78, 5) is 29.6. The van der Waals surface area contributed by atoms with Crippen LogP contribution >= 0.6 is 0 Å². The number of aromatic nitrogens is 1. The number of ether oxygens (including phenoxy) is 2. The second kappa shape index (κ2) is 13.1. The zero-order valence-electron chi connectivity index (χ0n) is 22.8. The van der Waals surface area contributed by atoms with Gasteiger partial charge in [-0.05, 0) is 59.7 Å². The van der Waals surface area contributed by atoms with Gasteiger partial charge in [0, 0.05) is 23.5 Å². The van der Waals surface area contributed by atoms with Crippen molar-refractivity contribution in [2.24, 2.45) is 11.7 Å². The average Bonchev–Trinajstić information content (AvgIpc) is 3.36. The predicted octanol–water partition coefficient (Wildman–Crippen LogP) is 5.14. The Morgan fingerprint density at radius 3 is 2.41 bits per heavy atom. The minimum atomic E-state index is -0.872. The molecular weight excluding hydrogens is 490 g/mol. The Kier molecular flexibility index (Phi) is 9.39. The van der Waals surface area contributed by atoms with E-state index >= 15 is 0 Å². The lowest BCUT2D eigenvalue weighted by molar-refractivity contribution is -0.127. The fourth-order valence-corrected chi connectivity index (χ4v) is 4.71. The minimum Gasteiger partial charge on any atom is -0.496 e. The summed E-state index contributed by atoms with van der Waals surface area (Å²) in [6, 6.07) is 23.2. The van der Waals surface area contributed by atoms with Crippen LogP contribution in [0.15, 0.2) is 79.0 Å². The molecular formula is C32H37N3O4. The normalized spacial score (nSPS) is 12.7. The molecule has 0 spiro atoms. The van der Waals surface area contributed by atoms with E-state index < -0.39 is 12.1 Å². The highest BCUT2D eigenvalue weighted by molar-refractivity contribution is 5.87. The zero-order valence-corrected chi connectivity index (χ0v) is 22.8. The maximum absolute atomic E-state index is 13.5. The number of nitrogens with one attached hydrogen (secondary N) is 2. The van der Waals surface area contributed by atoms with Gasteiger partial charge in [0.2, 0.25) is 5.91 Å². The van der Waals surface area contributed by atoms with Crippen LogP contribution in [-0.4, -0.2) is 36.6 Å². The molecule has 0 saturated heterocycles. The number of rotatable bonds is 13. The third kappa shape index (κ3) is 7.27. The first-order chi connectivity index (χ1) is 18.9. The molecule has 0 bridgehead atoms. The number of para-hydroxylation sites is 2. The number of aromatic amines is 1. The number of carbonyl (C=O) groups is 2. The Balaban J connectivity index is 1.45. The highest BCUT2D eigenvalue weighted by Crippen LogP contribution is 2.24. The summed E-state index contributed by atoms with van der Waals surface area (Å²) < 4.78 is 11.2. The highest BCUT2D eigenvalue weighted by atomic mass is 16.5. The van der Waals surface area contributed by atoms with Gasteiger partial charge in [0.25, 0.3) is 0 Å². The van der Waals surface area contributed by atoms with Crippen LogP contribution in [0.25, 0.3) is 10.9 Å². The third-order valence-corrected chi connectivity index (χ3v) is 7.03. The van der Waals surface area contributed by atoms with E-state index in [2.05, 4.69) is 24.1 Å². The largest absolute Gasteiger partial charge is 0.496 e. The van der Waals surface area contributed by atoms with Gasteiger partial charge in [-0.2, -0.15) is 0 Å². The lowest BCUT2D eigenvalue weighted by Crippen LogP contribution is -2.51. The average molecular weight is 528 g/mol. The number of hydrogen-bond donors (Lipinski definition) is 3. The molecule has 0 aliphatic heterocycles. The first-order valence-electron chi connectivity index (χ1n) is 13.3. The molecule has 4 aromatic rings. The van der Waals surface area contributed by atoms with Crippen LogP contribution in [0.3, 0.4) is 0 Å². The quantitative estimate of drug-likeness (QED) is 0.209. The molecule has 2 atom stereocenters. The fraction of sp³-hybridized carbons (Fsp3) is 0.312. The second-order valence-electron chi connectivity index (χ2n) is 10.1. The monoisotopic (exact) mass is 527 g/mol. The lowest BCUT2D eigenvalue weighted by Gasteiger charge is -2.24. The lowest BCUT2D eigenvalue weighted by atomic mass is 9.92. The number of H-pyrrole nitrogens is 1. The first-order valence-corrected chi connectivity index (χ1v) is 13.3. The van der Waals surface area contributed by atoms with Gasteiger partial charge in [-0.1, -0.05) is 62.4 Å². The van der Waals surface area contributed by atoms with Crippen LogP contribution in [-0.2, 0) is 22.4 Å². The molecule has 0 fully saturated rings. The molecule has 204 valence electrons. The van der Waals surface area contributed by atoms with Gasteiger partial charge in [-0.25, -0.2) is 0 Å². The number of benzene rings is 3. The highest BCUT2D eigenvalue weighted by Gasteiger charge is 2.28. The van der Waals surface area contributed by atoms with Crippen molar-refractivity contribution in [3.63, 3.8) is 0 Å². The summed E-state index contributed by atoms with van der Waals surface area (Å²) in [5.41, 5.74) is 10.6. The number of carbonyl (C=O) groups excluding carboxylic acids is 2. The maximum Gasteiger partial charge on any atom is 0.221 e. The summed E-state index contributed by atoms with van der Waals surface area (Å²) >= 11 is 0. The molecule has 7 heteroatoms. The van der Waals surface area contributed by atoms with E-state index in [9.17, 15) is 9.59 Å². The summed E-state index contributed by atoms with van der Waals surface area (Å²) in [5, 5.41) is 3.88. The van der Waals surface area contributed by atoms with Crippen LogP contribution in [0.4, 0.5) is 0 Å². The molecule has 3 aromatic carbocycles. The van der Waals surface area contributed by atoms with E-state index in [1.54, 1.807) is 7.11 Å². The van der Waals surface area contributed by atoms with E-state index in [1.165, 1.54) is 5.56 Å². The summed E-state index contributed by atoms with van der Waals surface area (Å²) in [5.74, 6) is 0.690. The van der Waals surface area contributed by atoms with E-state index in [1.807, 2.05) is 79.0 Å². The van der Waals surface area contributed by atoms with Crippen LogP contribution in [0.5, 0.6) is 11.5 Å². The van der Waals surface area contributed by atoms with Crippen molar-refractivity contribution in [1.82, 2.24) is 10.3 Å². The molecule has 7 nitrogen and oxygen atoms in total. The number of Topliss-reactive ketones (excluding diaryl/α,β-unsaturated/α-hetero) is 1. The van der Waals surface area contributed by atoms with E-state index in [0.717, 1.165) is 27.8 Å². The van der Waals surface area contributed by atoms with E-state index in [4.69, 9.17) is 15.2 Å². The summed E-state index contributed by atoms with van der Waals surface area (Å²) in [6.07, 6.45) is 2.11. The first kappa shape index (κ1) is 27.9. The fourth-order valence-electron chi connectivity index (χ4n) is 4.71. The van der Waals surface area contributed by atoms with E-state index in [-0.39, 0.29) is 24.7 Å². The second-order valence-corrected chi connectivity index (χ2v) is 10.1. The van der Waals surface area contributed by atoms with Crippen molar-refractivity contribution >= 4 is 22.6 Å². The van der Waals surface area contributed by atoms with Crippen molar-refractivity contribution in [1.29, 1.82) is 0 Å². The predicted molar refractivity (Wildman–Crippen MR) is 154 cm³/mol. The van der Waals surface area contributed by atoms with Crippen LogP contribution in [0.2, 0.25) is 0 Å². The van der Waals surface area contributed by atoms with Gasteiger partial charge in [-0.3, -0.25) is 9.59 Å². The number of hydrogen-bond acceptors (Lipinski definition) is 5. The summed E-state index contributed by atoms with van der Waals surface area (Å²) in [6.45, 7) is 4.11. The topological polar surface area (TPSA) is 106 Å². The van der Waals surface area contributed by atoms with Crippen LogP contribution in [0.1, 0.15) is 42.9 Å². The van der Waals surface area contributed by atoms with Gasteiger partial charge < -0.3 is 25.5 Å². The van der Waals surface area contributed by atoms with Crippen molar-refractivity contribution in [2.75, 3.05) is 13.7 Å². The van der Waals surface area contributed by atoms with Crippen molar-refractivity contribution < 1.29 is 19.1 Å². The van der Waals surface area contributed by atoms with Gasteiger partial charge in [0.1, 0.15) is 18.1 Å². The molecule has 0 aliphatic rings. The number of ketones is 1. The van der Waals surface area contributed by atoms with E-state index in [0.29, 0.717) is 24.5 Å². The van der Waals surface area contributed by atoms with Gasteiger partial charge >= 0.3 is 0 Å². The Bertz CT molecular complexity index is 1390. The Morgan fingerprint density at radius 2 is 1.67 bits per heavy atom. The van der Waals surface area contributed by atoms with Crippen molar-refractivity contribution in [3.05, 3.63) is 95.7 Å². The number of amides is 1. The molecule has 2 unspecified atom stereocenters.